The van der Waals surface area contributed by atoms with Crippen molar-refractivity contribution >= 4 is 28.1 Å². The molecule has 0 aliphatic carbocycles. The van der Waals surface area contributed by atoms with Crippen molar-refractivity contribution < 1.29 is 13.9 Å². The van der Waals surface area contributed by atoms with Gasteiger partial charge in [0.1, 0.15) is 12.4 Å². The van der Waals surface area contributed by atoms with Crippen LogP contribution in [0.1, 0.15) is 11.1 Å². The predicted octanol–water partition coefficient (Wildman–Crippen LogP) is 5.84. The number of halogens is 2. The summed E-state index contributed by atoms with van der Waals surface area (Å²) in [6.07, 6.45) is 0. The highest BCUT2D eigenvalue weighted by molar-refractivity contribution is 9.10. The van der Waals surface area contributed by atoms with Crippen LogP contribution in [-0.2, 0) is 13.2 Å². The molecule has 164 valence electrons. The Balaban J connectivity index is 1.51. The van der Waals surface area contributed by atoms with E-state index in [2.05, 4.69) is 31.6 Å². The van der Waals surface area contributed by atoms with Crippen LogP contribution in [0.5, 0.6) is 11.5 Å². The van der Waals surface area contributed by atoms with Crippen molar-refractivity contribution in [1.82, 2.24) is 14.9 Å². The maximum Gasteiger partial charge on any atom is 0.214 e. The molecule has 32 heavy (non-hydrogen) atoms. The number of aromatic amines is 1. The van der Waals surface area contributed by atoms with E-state index < -0.39 is 0 Å². The van der Waals surface area contributed by atoms with Gasteiger partial charge in [-0.15, -0.1) is 0 Å². The zero-order valence-electron chi connectivity index (χ0n) is 17.1. The smallest absolute Gasteiger partial charge is 0.214 e. The molecule has 0 unspecified atom stereocenters. The van der Waals surface area contributed by atoms with Crippen LogP contribution in [0.3, 0.4) is 0 Å². The van der Waals surface area contributed by atoms with Gasteiger partial charge in [-0.2, -0.15) is 5.10 Å². The van der Waals surface area contributed by atoms with Crippen LogP contribution in [0.4, 0.5) is 4.39 Å². The third-order valence-electron chi connectivity index (χ3n) is 4.77. The van der Waals surface area contributed by atoms with Gasteiger partial charge in [0.2, 0.25) is 4.77 Å². The van der Waals surface area contributed by atoms with Crippen LogP contribution in [0, 0.1) is 10.6 Å². The minimum atomic E-state index is -0.279. The summed E-state index contributed by atoms with van der Waals surface area (Å²) in [5.41, 5.74) is 6.05. The second-order valence-corrected chi connectivity index (χ2v) is 8.14. The van der Waals surface area contributed by atoms with E-state index in [1.807, 2.05) is 42.5 Å². The van der Waals surface area contributed by atoms with Crippen LogP contribution in [0.25, 0.3) is 11.4 Å². The number of H-pyrrole nitrogens is 1. The number of benzene rings is 3. The maximum absolute atomic E-state index is 13.1. The summed E-state index contributed by atoms with van der Waals surface area (Å²) >= 11 is 8.99. The van der Waals surface area contributed by atoms with Gasteiger partial charge < -0.3 is 14.9 Å². The minimum Gasteiger partial charge on any atom is -0.493 e. The lowest BCUT2D eigenvalue weighted by atomic mass is 10.2. The van der Waals surface area contributed by atoms with E-state index in [1.54, 1.807) is 23.9 Å². The van der Waals surface area contributed by atoms with E-state index in [9.17, 15) is 4.39 Å². The normalized spacial score (nSPS) is 10.7. The zero-order valence-corrected chi connectivity index (χ0v) is 19.5. The van der Waals surface area contributed by atoms with Gasteiger partial charge in [0.25, 0.3) is 0 Å². The van der Waals surface area contributed by atoms with Crippen molar-refractivity contribution in [2.45, 2.75) is 13.2 Å². The van der Waals surface area contributed by atoms with Crippen molar-refractivity contribution in [3.8, 4) is 22.9 Å². The third kappa shape index (κ3) is 5.00. The average molecular weight is 515 g/mol. The standard InChI is InChI=1S/C23H20BrFN4O2S/c1-30-20-11-17(19(24)12-21(20)31-14-15-7-9-18(25)10-8-15)13-26-29-22(27-28-23(29)32)16-5-3-2-4-6-16/h2-12,26H,13-14H2,1H3,(H,28,32). The van der Waals surface area contributed by atoms with Gasteiger partial charge in [0.15, 0.2) is 17.3 Å². The van der Waals surface area contributed by atoms with Crippen molar-refractivity contribution in [2.75, 3.05) is 12.5 Å². The van der Waals surface area contributed by atoms with Crippen LogP contribution >= 0.6 is 28.1 Å². The molecule has 1 heterocycles. The van der Waals surface area contributed by atoms with Crippen molar-refractivity contribution in [3.63, 3.8) is 0 Å². The number of hydrogen-bond acceptors (Lipinski definition) is 5. The second kappa shape index (κ2) is 9.97. The van der Waals surface area contributed by atoms with Gasteiger partial charge in [-0.3, -0.25) is 0 Å². The molecule has 0 spiro atoms. The quantitative estimate of drug-likeness (QED) is 0.289. The van der Waals surface area contributed by atoms with Gasteiger partial charge in [-0.05, 0) is 47.6 Å². The zero-order chi connectivity index (χ0) is 22.5. The first-order valence-electron chi connectivity index (χ1n) is 9.75. The van der Waals surface area contributed by atoms with Crippen molar-refractivity contribution in [1.29, 1.82) is 0 Å². The van der Waals surface area contributed by atoms with Crippen molar-refractivity contribution in [2.24, 2.45) is 0 Å². The Hall–Kier alpha value is -3.17. The summed E-state index contributed by atoms with van der Waals surface area (Å²) < 4.78 is 27.6. The minimum absolute atomic E-state index is 0.279. The number of rotatable bonds is 8. The lowest BCUT2D eigenvalue weighted by Crippen LogP contribution is -2.16. The third-order valence-corrected chi connectivity index (χ3v) is 5.78. The lowest BCUT2D eigenvalue weighted by Gasteiger charge is -2.16. The second-order valence-electron chi connectivity index (χ2n) is 6.90. The van der Waals surface area contributed by atoms with E-state index in [4.69, 9.17) is 21.7 Å². The van der Waals surface area contributed by atoms with E-state index in [1.165, 1.54) is 12.1 Å². The molecule has 6 nitrogen and oxygen atoms in total. The van der Waals surface area contributed by atoms with E-state index in [0.29, 0.717) is 35.2 Å². The number of ether oxygens (including phenoxy) is 2. The number of hydrogen-bond donors (Lipinski definition) is 2. The molecule has 0 radical (unpaired) electrons. The molecule has 0 saturated carbocycles. The molecule has 0 saturated heterocycles. The van der Waals surface area contributed by atoms with Gasteiger partial charge in [-0.25, -0.2) is 14.2 Å². The number of nitrogens with zero attached hydrogens (tertiary/aromatic N) is 2. The Morgan fingerprint density at radius 1 is 1.09 bits per heavy atom. The van der Waals surface area contributed by atoms with E-state index in [0.717, 1.165) is 21.2 Å². The van der Waals surface area contributed by atoms with Crippen LogP contribution in [0.2, 0.25) is 0 Å². The first-order valence-corrected chi connectivity index (χ1v) is 11.0. The average Bonchev–Trinajstić information content (AvgIpc) is 3.18. The summed E-state index contributed by atoms with van der Waals surface area (Å²) in [5.74, 6) is 1.58. The van der Waals surface area contributed by atoms with Gasteiger partial charge in [0, 0.05) is 10.0 Å². The summed E-state index contributed by atoms with van der Waals surface area (Å²) in [5, 5.41) is 7.16. The summed E-state index contributed by atoms with van der Waals surface area (Å²) in [6.45, 7) is 0.758. The molecule has 4 aromatic rings. The van der Waals surface area contributed by atoms with E-state index >= 15 is 0 Å². The molecule has 0 fully saturated rings. The molecule has 0 amide bonds. The lowest BCUT2D eigenvalue weighted by molar-refractivity contribution is 0.284. The summed E-state index contributed by atoms with van der Waals surface area (Å²) in [4.78, 5) is 0. The molecule has 0 aliphatic heterocycles. The summed E-state index contributed by atoms with van der Waals surface area (Å²) in [6, 6.07) is 19.7. The van der Waals surface area contributed by atoms with Crippen molar-refractivity contribution in [3.05, 3.63) is 92.9 Å². The van der Waals surface area contributed by atoms with Crippen LogP contribution in [0.15, 0.2) is 71.2 Å². The topological polar surface area (TPSA) is 64.1 Å². The SMILES string of the molecule is COc1cc(CNn2c(-c3ccccc3)n[nH]c2=S)c(Br)cc1OCc1ccc(F)cc1. The van der Waals surface area contributed by atoms with E-state index in [-0.39, 0.29) is 5.82 Å². The van der Waals surface area contributed by atoms with Gasteiger partial charge in [-0.1, -0.05) is 58.4 Å². The molecule has 3 aromatic carbocycles. The maximum atomic E-state index is 13.1. The Bertz CT molecular complexity index is 1260. The monoisotopic (exact) mass is 514 g/mol. The molecule has 2 N–H and O–H groups in total. The highest BCUT2D eigenvalue weighted by Gasteiger charge is 2.13. The highest BCUT2D eigenvalue weighted by Crippen LogP contribution is 2.34. The molecule has 0 aliphatic rings. The fourth-order valence-corrected chi connectivity index (χ4v) is 3.77. The van der Waals surface area contributed by atoms with Gasteiger partial charge in [0.05, 0.1) is 13.7 Å². The Morgan fingerprint density at radius 2 is 1.84 bits per heavy atom. The molecular weight excluding hydrogens is 495 g/mol. The van der Waals surface area contributed by atoms with Crippen LogP contribution < -0.4 is 14.9 Å². The summed E-state index contributed by atoms with van der Waals surface area (Å²) in [7, 11) is 1.59. The molecule has 0 bridgehead atoms. The molecule has 1 aromatic heterocycles. The molecule has 4 rings (SSSR count). The van der Waals surface area contributed by atoms with Crippen LogP contribution in [-0.4, -0.2) is 22.0 Å². The fraction of sp³-hybridized carbons (Fsp3) is 0.130. The van der Waals surface area contributed by atoms with Gasteiger partial charge >= 0.3 is 0 Å². The molecule has 0 atom stereocenters. The highest BCUT2D eigenvalue weighted by atomic mass is 79.9. The number of methoxy groups -OCH3 is 1. The number of aromatic nitrogens is 3. The molecule has 9 heteroatoms. The first kappa shape index (κ1) is 22.0. The first-order chi connectivity index (χ1) is 15.5. The predicted molar refractivity (Wildman–Crippen MR) is 127 cm³/mol. The Kier molecular flexibility index (Phi) is 6.87. The Labute approximate surface area is 198 Å². The largest absolute Gasteiger partial charge is 0.493 e. The molecular formula is C23H20BrFN4O2S. The number of nitrogens with one attached hydrogen (secondary N) is 2. The fourth-order valence-electron chi connectivity index (χ4n) is 3.12. The Morgan fingerprint density at radius 3 is 2.56 bits per heavy atom.